The summed E-state index contributed by atoms with van der Waals surface area (Å²) in [5.74, 6) is 0.0872. The molecule has 152 valence electrons. The van der Waals surface area contributed by atoms with Gasteiger partial charge in [0.05, 0.1) is 44.9 Å². The molecule has 0 saturated heterocycles. The SMILES string of the molecule is Cc1cccc(NC(=O)c2nc(Br)cnc2N)c1OCCOCCOCCO. The summed E-state index contributed by atoms with van der Waals surface area (Å²) in [5.41, 5.74) is 7.12. The van der Waals surface area contributed by atoms with Gasteiger partial charge < -0.3 is 30.4 Å². The summed E-state index contributed by atoms with van der Waals surface area (Å²) in [5, 5.41) is 11.4. The summed E-state index contributed by atoms with van der Waals surface area (Å²) < 4.78 is 16.7. The quantitative estimate of drug-likeness (QED) is 0.438. The van der Waals surface area contributed by atoms with Crippen LogP contribution in [0.4, 0.5) is 11.5 Å². The lowest BCUT2D eigenvalue weighted by Crippen LogP contribution is -2.18. The van der Waals surface area contributed by atoms with E-state index in [0.717, 1.165) is 5.56 Å². The molecule has 0 fully saturated rings. The molecule has 0 aliphatic carbocycles. The van der Waals surface area contributed by atoms with Crippen molar-refractivity contribution in [1.82, 2.24) is 9.97 Å². The first-order valence-corrected chi connectivity index (χ1v) is 9.40. The Balaban J connectivity index is 1.94. The van der Waals surface area contributed by atoms with Gasteiger partial charge in [0.15, 0.2) is 11.5 Å². The largest absolute Gasteiger partial charge is 0.489 e. The number of carbonyl (C=O) groups is 1. The maximum absolute atomic E-state index is 12.5. The number of hydrogen-bond donors (Lipinski definition) is 3. The second-order valence-corrected chi connectivity index (χ2v) is 6.44. The van der Waals surface area contributed by atoms with Crippen LogP contribution >= 0.6 is 15.9 Å². The molecular formula is C18H23BrN4O5. The van der Waals surface area contributed by atoms with Crippen LogP contribution in [0.3, 0.4) is 0 Å². The first kappa shape index (κ1) is 22.0. The fraction of sp³-hybridized carbons (Fsp3) is 0.389. The molecule has 0 aliphatic rings. The van der Waals surface area contributed by atoms with Gasteiger partial charge in [0.1, 0.15) is 17.0 Å². The summed E-state index contributed by atoms with van der Waals surface area (Å²) in [6, 6.07) is 5.41. The Morgan fingerprint density at radius 1 is 1.21 bits per heavy atom. The molecule has 4 N–H and O–H groups in total. The highest BCUT2D eigenvalue weighted by Crippen LogP contribution is 2.29. The molecule has 9 nitrogen and oxygen atoms in total. The van der Waals surface area contributed by atoms with E-state index in [1.807, 2.05) is 19.1 Å². The summed E-state index contributed by atoms with van der Waals surface area (Å²) in [7, 11) is 0. The van der Waals surface area contributed by atoms with Crippen LogP contribution in [0, 0.1) is 6.92 Å². The molecule has 0 atom stereocenters. The van der Waals surface area contributed by atoms with E-state index >= 15 is 0 Å². The van der Waals surface area contributed by atoms with Crippen LogP contribution in [0.15, 0.2) is 29.0 Å². The number of rotatable bonds is 11. The van der Waals surface area contributed by atoms with Crippen LogP contribution in [-0.4, -0.2) is 60.6 Å². The fourth-order valence-electron chi connectivity index (χ4n) is 2.26. The van der Waals surface area contributed by atoms with Gasteiger partial charge in [-0.15, -0.1) is 0 Å². The van der Waals surface area contributed by atoms with Crippen LogP contribution in [-0.2, 0) is 9.47 Å². The molecule has 2 aromatic rings. The number of amides is 1. The second kappa shape index (κ2) is 11.5. The monoisotopic (exact) mass is 454 g/mol. The van der Waals surface area contributed by atoms with Crippen LogP contribution in [0.5, 0.6) is 5.75 Å². The highest BCUT2D eigenvalue weighted by atomic mass is 79.9. The zero-order chi connectivity index (χ0) is 20.4. The number of para-hydroxylation sites is 1. The number of aromatic nitrogens is 2. The van der Waals surface area contributed by atoms with Gasteiger partial charge in [-0.2, -0.15) is 0 Å². The van der Waals surface area contributed by atoms with Gasteiger partial charge in [-0.3, -0.25) is 4.79 Å². The Bertz CT molecular complexity index is 791. The third-order valence-corrected chi connectivity index (χ3v) is 3.91. The second-order valence-electron chi connectivity index (χ2n) is 5.63. The number of anilines is 2. The smallest absolute Gasteiger partial charge is 0.278 e. The van der Waals surface area contributed by atoms with Crippen molar-refractivity contribution in [1.29, 1.82) is 0 Å². The Morgan fingerprint density at radius 2 is 1.93 bits per heavy atom. The predicted molar refractivity (Wildman–Crippen MR) is 107 cm³/mol. The Kier molecular flexibility index (Phi) is 9.08. The van der Waals surface area contributed by atoms with Crippen molar-refractivity contribution < 1.29 is 24.1 Å². The number of nitrogens with two attached hydrogens (primary N) is 1. The van der Waals surface area contributed by atoms with Crippen LogP contribution in [0.1, 0.15) is 16.1 Å². The third-order valence-electron chi connectivity index (χ3n) is 3.53. The molecule has 0 spiro atoms. The van der Waals surface area contributed by atoms with Crippen LogP contribution < -0.4 is 15.8 Å². The first-order valence-electron chi connectivity index (χ1n) is 8.61. The van der Waals surface area contributed by atoms with E-state index < -0.39 is 5.91 Å². The summed E-state index contributed by atoms with van der Waals surface area (Å²) in [6.07, 6.45) is 1.42. The average Bonchev–Trinajstić information content (AvgIpc) is 2.67. The first-order chi connectivity index (χ1) is 13.5. The highest BCUT2D eigenvalue weighted by Gasteiger charge is 2.16. The lowest BCUT2D eigenvalue weighted by Gasteiger charge is -2.15. The van der Waals surface area contributed by atoms with E-state index in [-0.39, 0.29) is 18.1 Å². The molecule has 0 bridgehead atoms. The van der Waals surface area contributed by atoms with Gasteiger partial charge in [-0.1, -0.05) is 12.1 Å². The fourth-order valence-corrected chi connectivity index (χ4v) is 2.54. The summed E-state index contributed by atoms with van der Waals surface area (Å²) in [4.78, 5) is 20.5. The zero-order valence-electron chi connectivity index (χ0n) is 15.5. The minimum atomic E-state index is -0.487. The van der Waals surface area contributed by atoms with E-state index in [0.29, 0.717) is 49.1 Å². The molecule has 1 aromatic carbocycles. The Labute approximate surface area is 171 Å². The number of nitrogens with one attached hydrogen (secondary N) is 1. The molecule has 1 amide bonds. The molecule has 0 unspecified atom stereocenters. The maximum Gasteiger partial charge on any atom is 0.278 e. The number of hydrogen-bond acceptors (Lipinski definition) is 8. The van der Waals surface area contributed by atoms with Crippen LogP contribution in [0.25, 0.3) is 0 Å². The maximum atomic E-state index is 12.5. The third kappa shape index (κ3) is 6.71. The molecule has 0 saturated carbocycles. The number of nitrogens with zero attached hydrogens (tertiary/aromatic N) is 2. The molecule has 2 rings (SSSR count). The van der Waals surface area contributed by atoms with Crippen molar-refractivity contribution in [3.8, 4) is 5.75 Å². The van der Waals surface area contributed by atoms with Crippen molar-refractivity contribution in [3.63, 3.8) is 0 Å². The minimum Gasteiger partial charge on any atom is -0.489 e. The molecule has 0 radical (unpaired) electrons. The molecule has 10 heteroatoms. The molecule has 1 aromatic heterocycles. The van der Waals surface area contributed by atoms with Gasteiger partial charge >= 0.3 is 0 Å². The van der Waals surface area contributed by atoms with Crippen molar-refractivity contribution in [2.24, 2.45) is 0 Å². The van der Waals surface area contributed by atoms with Gasteiger partial charge in [-0.05, 0) is 34.5 Å². The van der Waals surface area contributed by atoms with Crippen LogP contribution in [0.2, 0.25) is 0 Å². The molecule has 0 aliphatic heterocycles. The van der Waals surface area contributed by atoms with Gasteiger partial charge in [0.25, 0.3) is 5.91 Å². The predicted octanol–water partition coefficient (Wildman–Crippen LogP) is 1.79. The number of carbonyl (C=O) groups excluding carboxylic acids is 1. The van der Waals surface area contributed by atoms with E-state index in [1.165, 1.54) is 6.20 Å². The Hall–Kier alpha value is -2.27. The van der Waals surface area contributed by atoms with Gasteiger partial charge in [0.2, 0.25) is 0 Å². The zero-order valence-corrected chi connectivity index (χ0v) is 17.1. The van der Waals surface area contributed by atoms with Crippen molar-refractivity contribution in [2.75, 3.05) is 50.7 Å². The molecule has 1 heterocycles. The lowest BCUT2D eigenvalue weighted by molar-refractivity contribution is 0.0247. The van der Waals surface area contributed by atoms with Crippen molar-refractivity contribution in [3.05, 3.63) is 40.3 Å². The van der Waals surface area contributed by atoms with E-state index in [2.05, 4.69) is 31.2 Å². The minimum absolute atomic E-state index is 0.0118. The van der Waals surface area contributed by atoms with E-state index in [4.69, 9.17) is 25.1 Å². The van der Waals surface area contributed by atoms with Gasteiger partial charge in [0, 0.05) is 0 Å². The number of aliphatic hydroxyl groups is 1. The van der Waals surface area contributed by atoms with E-state index in [9.17, 15) is 4.79 Å². The lowest BCUT2D eigenvalue weighted by atomic mass is 10.2. The number of aliphatic hydroxyl groups excluding tert-OH is 1. The van der Waals surface area contributed by atoms with Crippen molar-refractivity contribution in [2.45, 2.75) is 6.92 Å². The normalized spacial score (nSPS) is 10.7. The number of benzene rings is 1. The molecule has 28 heavy (non-hydrogen) atoms. The summed E-state index contributed by atoms with van der Waals surface area (Å²) in [6.45, 7) is 3.62. The summed E-state index contributed by atoms with van der Waals surface area (Å²) >= 11 is 3.18. The molecular weight excluding hydrogens is 432 g/mol. The number of aryl methyl sites for hydroxylation is 1. The van der Waals surface area contributed by atoms with E-state index in [1.54, 1.807) is 6.07 Å². The topological polar surface area (TPSA) is 129 Å². The number of nitrogen functional groups attached to an aromatic ring is 1. The Morgan fingerprint density at radius 3 is 2.68 bits per heavy atom. The number of ether oxygens (including phenoxy) is 3. The standard InChI is InChI=1S/C18H23BrN4O5/c1-12-3-2-4-13(16(12)28-10-9-27-8-7-26-6-5-24)22-18(25)15-17(20)21-11-14(19)23-15/h2-4,11,24H,5-10H2,1H3,(H2,20,21)(H,22,25). The number of halogens is 1. The average molecular weight is 455 g/mol. The highest BCUT2D eigenvalue weighted by molar-refractivity contribution is 9.10. The van der Waals surface area contributed by atoms with Crippen molar-refractivity contribution >= 4 is 33.3 Å². The van der Waals surface area contributed by atoms with Gasteiger partial charge in [-0.25, -0.2) is 9.97 Å².